The number of hydrogen-bond acceptors (Lipinski definition) is 4. The van der Waals surface area contributed by atoms with Gasteiger partial charge in [0, 0.05) is 22.7 Å². The molecule has 104 valence electrons. The molecule has 0 radical (unpaired) electrons. The molecule has 2 aromatic heterocycles. The molecule has 0 aliphatic rings. The molecule has 4 heteroatoms. The lowest BCUT2D eigenvalue weighted by molar-refractivity contribution is 1.06. The van der Waals surface area contributed by atoms with Gasteiger partial charge in [-0.3, -0.25) is 4.98 Å². The molecule has 0 atom stereocenters. The molecule has 4 nitrogen and oxygen atoms in total. The Labute approximate surface area is 127 Å². The Balaban J connectivity index is 1.81. The average molecular weight is 284 g/mol. The van der Waals surface area contributed by atoms with Crippen molar-refractivity contribution in [2.24, 2.45) is 0 Å². The Morgan fingerprint density at radius 1 is 0.636 bits per heavy atom. The van der Waals surface area contributed by atoms with Gasteiger partial charge in [-0.2, -0.15) is 0 Å². The lowest BCUT2D eigenvalue weighted by Crippen LogP contribution is -1.90. The topological polar surface area (TPSA) is 51.6 Å². The number of nitrogens with zero attached hydrogens (tertiary/aromatic N) is 4. The first-order chi connectivity index (χ1) is 10.9. The van der Waals surface area contributed by atoms with E-state index < -0.39 is 0 Å². The molecule has 0 amide bonds. The zero-order valence-electron chi connectivity index (χ0n) is 11.7. The minimum Gasteiger partial charge on any atom is -0.256 e. The van der Waals surface area contributed by atoms with Crippen LogP contribution >= 0.6 is 0 Å². The number of aromatic nitrogens is 4. The van der Waals surface area contributed by atoms with Crippen molar-refractivity contribution in [3.05, 3.63) is 73.4 Å². The van der Waals surface area contributed by atoms with Crippen LogP contribution in [-0.4, -0.2) is 19.9 Å². The van der Waals surface area contributed by atoms with Crippen LogP contribution in [0.15, 0.2) is 73.4 Å². The van der Waals surface area contributed by atoms with Crippen molar-refractivity contribution in [2.75, 3.05) is 0 Å². The third-order valence-electron chi connectivity index (χ3n) is 3.54. The van der Waals surface area contributed by atoms with Gasteiger partial charge in [-0.15, -0.1) is 0 Å². The highest BCUT2D eigenvalue weighted by Crippen LogP contribution is 2.25. The highest BCUT2D eigenvalue weighted by Gasteiger charge is 2.05. The first kappa shape index (κ1) is 12.6. The lowest BCUT2D eigenvalue weighted by Gasteiger charge is -2.05. The van der Waals surface area contributed by atoms with Crippen LogP contribution in [0.25, 0.3) is 33.4 Å². The average Bonchev–Trinajstić information content (AvgIpc) is 2.62. The maximum Gasteiger partial charge on any atom is 0.162 e. The van der Waals surface area contributed by atoms with Gasteiger partial charge >= 0.3 is 0 Å². The van der Waals surface area contributed by atoms with Gasteiger partial charge in [-0.1, -0.05) is 42.5 Å². The summed E-state index contributed by atoms with van der Waals surface area (Å²) < 4.78 is 0. The molecule has 0 saturated carbocycles. The summed E-state index contributed by atoms with van der Waals surface area (Å²) in [6.07, 6.45) is 4.91. The number of hydrogen-bond donors (Lipinski definition) is 0. The molecule has 2 aromatic carbocycles. The molecular formula is C18H12N4. The van der Waals surface area contributed by atoms with Crippen molar-refractivity contribution in [1.82, 2.24) is 19.9 Å². The molecule has 4 aromatic rings. The second kappa shape index (κ2) is 5.33. The number of fused-ring (bicyclic) bond motifs is 1. The van der Waals surface area contributed by atoms with Gasteiger partial charge in [0.05, 0.1) is 5.69 Å². The molecule has 0 bridgehead atoms. The smallest absolute Gasteiger partial charge is 0.162 e. The van der Waals surface area contributed by atoms with Crippen molar-refractivity contribution in [3.8, 4) is 22.6 Å². The molecule has 0 aliphatic heterocycles. The van der Waals surface area contributed by atoms with Gasteiger partial charge in [-0.05, 0) is 17.5 Å². The fraction of sp³-hybridized carbons (Fsp3) is 0. The van der Waals surface area contributed by atoms with Crippen LogP contribution < -0.4 is 0 Å². The van der Waals surface area contributed by atoms with E-state index >= 15 is 0 Å². The Hall–Kier alpha value is -3.14. The van der Waals surface area contributed by atoms with Crippen molar-refractivity contribution < 1.29 is 0 Å². The van der Waals surface area contributed by atoms with Crippen LogP contribution in [0.2, 0.25) is 0 Å². The third kappa shape index (κ3) is 2.31. The van der Waals surface area contributed by atoms with Crippen LogP contribution in [0.1, 0.15) is 0 Å². The number of rotatable bonds is 2. The SMILES string of the molecule is c1cc(-c2cc3ccccc3cn2)cc(-c2ncncn2)c1. The molecule has 0 spiro atoms. The molecule has 22 heavy (non-hydrogen) atoms. The largest absolute Gasteiger partial charge is 0.256 e. The first-order valence-electron chi connectivity index (χ1n) is 6.98. The highest BCUT2D eigenvalue weighted by atomic mass is 15.0. The van der Waals surface area contributed by atoms with E-state index in [1.165, 1.54) is 18.0 Å². The van der Waals surface area contributed by atoms with Gasteiger partial charge in [0.15, 0.2) is 5.82 Å². The summed E-state index contributed by atoms with van der Waals surface area (Å²) in [5.41, 5.74) is 2.94. The maximum absolute atomic E-state index is 4.56. The minimum atomic E-state index is 0.664. The van der Waals surface area contributed by atoms with Gasteiger partial charge in [0.2, 0.25) is 0 Å². The summed E-state index contributed by atoms with van der Waals surface area (Å²) >= 11 is 0. The maximum atomic E-state index is 4.56. The predicted octanol–water partition coefficient (Wildman–Crippen LogP) is 3.75. The van der Waals surface area contributed by atoms with E-state index in [1.54, 1.807) is 0 Å². The Morgan fingerprint density at radius 3 is 2.27 bits per heavy atom. The third-order valence-corrected chi connectivity index (χ3v) is 3.54. The lowest BCUT2D eigenvalue weighted by atomic mass is 10.0. The highest BCUT2D eigenvalue weighted by molar-refractivity contribution is 5.85. The minimum absolute atomic E-state index is 0.664. The van der Waals surface area contributed by atoms with E-state index in [0.717, 1.165) is 22.2 Å². The fourth-order valence-corrected chi connectivity index (χ4v) is 2.45. The second-order valence-electron chi connectivity index (χ2n) is 4.96. The Morgan fingerprint density at radius 2 is 1.41 bits per heavy atom. The number of benzene rings is 2. The number of pyridine rings is 1. The second-order valence-corrected chi connectivity index (χ2v) is 4.96. The van der Waals surface area contributed by atoms with Crippen molar-refractivity contribution in [2.45, 2.75) is 0 Å². The van der Waals surface area contributed by atoms with Gasteiger partial charge < -0.3 is 0 Å². The van der Waals surface area contributed by atoms with Crippen LogP contribution in [0.5, 0.6) is 0 Å². The fourth-order valence-electron chi connectivity index (χ4n) is 2.45. The van der Waals surface area contributed by atoms with E-state index in [1.807, 2.05) is 42.6 Å². The summed E-state index contributed by atoms with van der Waals surface area (Å²) in [6, 6.07) is 18.4. The van der Waals surface area contributed by atoms with Crippen molar-refractivity contribution >= 4 is 10.8 Å². The summed E-state index contributed by atoms with van der Waals surface area (Å²) in [7, 11) is 0. The summed E-state index contributed by atoms with van der Waals surface area (Å²) in [6.45, 7) is 0. The van der Waals surface area contributed by atoms with Crippen LogP contribution in [0.4, 0.5) is 0 Å². The zero-order valence-corrected chi connectivity index (χ0v) is 11.7. The molecule has 2 heterocycles. The van der Waals surface area contributed by atoms with E-state index in [0.29, 0.717) is 5.82 Å². The van der Waals surface area contributed by atoms with Gasteiger partial charge in [0.25, 0.3) is 0 Å². The normalized spacial score (nSPS) is 10.7. The molecular weight excluding hydrogens is 272 g/mol. The van der Waals surface area contributed by atoms with Gasteiger partial charge in [-0.25, -0.2) is 15.0 Å². The van der Waals surface area contributed by atoms with Gasteiger partial charge in [0.1, 0.15) is 12.7 Å². The molecule has 0 aliphatic carbocycles. The molecule has 0 N–H and O–H groups in total. The van der Waals surface area contributed by atoms with E-state index in [-0.39, 0.29) is 0 Å². The van der Waals surface area contributed by atoms with E-state index in [9.17, 15) is 0 Å². The van der Waals surface area contributed by atoms with Crippen LogP contribution in [0, 0.1) is 0 Å². The van der Waals surface area contributed by atoms with E-state index in [4.69, 9.17) is 0 Å². The van der Waals surface area contributed by atoms with Crippen LogP contribution in [-0.2, 0) is 0 Å². The summed E-state index contributed by atoms with van der Waals surface area (Å²) in [4.78, 5) is 16.8. The molecule has 0 saturated heterocycles. The Bertz CT molecular complexity index is 935. The first-order valence-corrected chi connectivity index (χ1v) is 6.98. The predicted molar refractivity (Wildman–Crippen MR) is 86.0 cm³/mol. The summed E-state index contributed by atoms with van der Waals surface area (Å²) in [5.74, 6) is 0.664. The van der Waals surface area contributed by atoms with Crippen molar-refractivity contribution in [3.63, 3.8) is 0 Å². The monoisotopic (exact) mass is 284 g/mol. The molecule has 0 unspecified atom stereocenters. The summed E-state index contributed by atoms with van der Waals surface area (Å²) in [5, 5.41) is 2.32. The van der Waals surface area contributed by atoms with Crippen molar-refractivity contribution in [1.29, 1.82) is 0 Å². The van der Waals surface area contributed by atoms with E-state index in [2.05, 4.69) is 38.1 Å². The zero-order chi connectivity index (χ0) is 14.8. The standard InChI is InChI=1S/C18H12N4/c1-2-5-16-10-20-17(9-13(16)4-1)14-6-3-7-15(8-14)18-21-11-19-12-22-18/h1-12H. The Kier molecular flexibility index (Phi) is 3.05. The quantitative estimate of drug-likeness (QED) is 0.562. The molecule has 4 rings (SSSR count). The molecule has 0 fully saturated rings. The van der Waals surface area contributed by atoms with Crippen LogP contribution in [0.3, 0.4) is 0 Å².